The molecule has 0 saturated heterocycles. The molecular weight excluding hydrogens is 114 g/mol. The Kier molecular flexibility index (Phi) is 7.32. The van der Waals surface area contributed by atoms with Crippen LogP contribution in [-0.4, -0.2) is 19.4 Å². The topological polar surface area (TPSA) is 29.1 Å². The molecular formula is C7H14NO. The van der Waals surface area contributed by atoms with E-state index in [2.05, 4.69) is 12.2 Å². The van der Waals surface area contributed by atoms with E-state index in [1.807, 2.05) is 6.29 Å². The highest BCUT2D eigenvalue weighted by Gasteiger charge is 1.84. The molecule has 0 heterocycles. The minimum Gasteiger partial charge on any atom is -0.316 e. The molecule has 0 spiro atoms. The number of nitrogens with one attached hydrogen (secondary N) is 1. The highest BCUT2D eigenvalue weighted by molar-refractivity contribution is 5.50. The molecule has 0 amide bonds. The third-order valence-corrected chi connectivity index (χ3v) is 1.11. The molecule has 0 saturated carbocycles. The summed E-state index contributed by atoms with van der Waals surface area (Å²) in [6, 6.07) is 0. The fourth-order valence-corrected chi connectivity index (χ4v) is 0.566. The second-order valence-electron chi connectivity index (χ2n) is 2.00. The van der Waals surface area contributed by atoms with Crippen molar-refractivity contribution in [2.24, 2.45) is 0 Å². The Labute approximate surface area is 56.6 Å². The first-order valence-electron chi connectivity index (χ1n) is 3.47. The van der Waals surface area contributed by atoms with Crippen LogP contribution >= 0.6 is 0 Å². The summed E-state index contributed by atoms with van der Waals surface area (Å²) in [6.07, 6.45) is 4.75. The van der Waals surface area contributed by atoms with Crippen molar-refractivity contribution >= 4 is 6.29 Å². The summed E-state index contributed by atoms with van der Waals surface area (Å²) in [5, 5.41) is 3.12. The molecule has 9 heavy (non-hydrogen) atoms. The molecule has 1 radical (unpaired) electrons. The van der Waals surface area contributed by atoms with Gasteiger partial charge in [-0.2, -0.15) is 0 Å². The third-order valence-electron chi connectivity index (χ3n) is 1.11. The van der Waals surface area contributed by atoms with Crippen LogP contribution in [0.2, 0.25) is 0 Å². The fraction of sp³-hybridized carbons (Fsp3) is 0.857. The molecule has 0 aliphatic heterocycles. The summed E-state index contributed by atoms with van der Waals surface area (Å²) in [5.41, 5.74) is 0. The van der Waals surface area contributed by atoms with Gasteiger partial charge in [0.05, 0.1) is 0 Å². The summed E-state index contributed by atoms with van der Waals surface area (Å²) >= 11 is 0. The highest BCUT2D eigenvalue weighted by atomic mass is 16.1. The molecule has 0 bridgehead atoms. The molecule has 0 atom stereocenters. The van der Waals surface area contributed by atoms with Crippen molar-refractivity contribution in [1.29, 1.82) is 0 Å². The molecule has 0 aromatic carbocycles. The maximum atomic E-state index is 9.67. The normalized spacial score (nSPS) is 9.44. The van der Waals surface area contributed by atoms with Gasteiger partial charge < -0.3 is 5.32 Å². The van der Waals surface area contributed by atoms with Gasteiger partial charge in [0.15, 0.2) is 6.29 Å². The lowest BCUT2D eigenvalue weighted by molar-refractivity contribution is 0.545. The average molecular weight is 128 g/mol. The Hall–Kier alpha value is -0.370. The molecule has 0 aromatic rings. The largest absolute Gasteiger partial charge is 0.316 e. The molecule has 0 fully saturated rings. The standard InChI is InChI=1S/C7H14NO/c1-2-3-5-8-6-4-7-9/h8H,2-6H2,1H3. The minimum atomic E-state index is 0.518. The van der Waals surface area contributed by atoms with Gasteiger partial charge in [-0.25, -0.2) is 0 Å². The molecule has 53 valence electrons. The summed E-state index contributed by atoms with van der Waals surface area (Å²) < 4.78 is 0. The van der Waals surface area contributed by atoms with Gasteiger partial charge >= 0.3 is 0 Å². The lowest BCUT2D eigenvalue weighted by Gasteiger charge is -1.97. The monoisotopic (exact) mass is 128 g/mol. The van der Waals surface area contributed by atoms with Crippen LogP contribution in [0.15, 0.2) is 0 Å². The van der Waals surface area contributed by atoms with Crippen molar-refractivity contribution in [2.75, 3.05) is 13.1 Å². The van der Waals surface area contributed by atoms with E-state index in [0.717, 1.165) is 13.1 Å². The van der Waals surface area contributed by atoms with Crippen LogP contribution in [0.1, 0.15) is 26.2 Å². The van der Waals surface area contributed by atoms with Crippen LogP contribution in [0.5, 0.6) is 0 Å². The summed E-state index contributed by atoms with van der Waals surface area (Å²) in [7, 11) is 0. The Balaban J connectivity index is 2.66. The first-order valence-corrected chi connectivity index (χ1v) is 3.47. The van der Waals surface area contributed by atoms with Crippen molar-refractivity contribution < 1.29 is 4.79 Å². The Bertz CT molecular complexity index is 63.9. The van der Waals surface area contributed by atoms with Gasteiger partial charge in [0.2, 0.25) is 0 Å². The van der Waals surface area contributed by atoms with E-state index in [0.29, 0.717) is 6.42 Å². The molecule has 2 heteroatoms. The zero-order valence-electron chi connectivity index (χ0n) is 5.94. The van der Waals surface area contributed by atoms with E-state index in [9.17, 15) is 4.79 Å². The first kappa shape index (κ1) is 8.63. The summed E-state index contributed by atoms with van der Waals surface area (Å²) in [4.78, 5) is 9.67. The van der Waals surface area contributed by atoms with Crippen molar-refractivity contribution in [1.82, 2.24) is 5.32 Å². The van der Waals surface area contributed by atoms with Gasteiger partial charge in [-0.1, -0.05) is 13.3 Å². The number of hydrogen-bond donors (Lipinski definition) is 1. The molecule has 0 aliphatic carbocycles. The SMILES string of the molecule is CCCCNCC[C]=O. The van der Waals surface area contributed by atoms with E-state index in [1.165, 1.54) is 12.8 Å². The molecule has 0 rings (SSSR count). The van der Waals surface area contributed by atoms with Gasteiger partial charge in [-0.15, -0.1) is 0 Å². The zero-order chi connectivity index (χ0) is 6.95. The van der Waals surface area contributed by atoms with Crippen LogP contribution in [-0.2, 0) is 4.79 Å². The van der Waals surface area contributed by atoms with Crippen molar-refractivity contribution in [2.45, 2.75) is 26.2 Å². The molecule has 0 unspecified atom stereocenters. The number of unbranched alkanes of at least 4 members (excludes halogenated alkanes) is 1. The van der Waals surface area contributed by atoms with E-state index < -0.39 is 0 Å². The van der Waals surface area contributed by atoms with Crippen molar-refractivity contribution in [3.05, 3.63) is 0 Å². The van der Waals surface area contributed by atoms with E-state index in [4.69, 9.17) is 0 Å². The lowest BCUT2D eigenvalue weighted by Crippen LogP contribution is -2.16. The Morgan fingerprint density at radius 1 is 1.44 bits per heavy atom. The molecule has 1 N–H and O–H groups in total. The van der Waals surface area contributed by atoms with Crippen molar-refractivity contribution in [3.63, 3.8) is 0 Å². The van der Waals surface area contributed by atoms with Crippen LogP contribution in [0, 0.1) is 0 Å². The second-order valence-corrected chi connectivity index (χ2v) is 2.00. The predicted octanol–water partition coefficient (Wildman–Crippen LogP) is 0.876. The van der Waals surface area contributed by atoms with Gasteiger partial charge in [-0.3, -0.25) is 4.79 Å². The smallest absolute Gasteiger partial charge is 0.199 e. The molecule has 0 aromatic heterocycles. The Morgan fingerprint density at radius 2 is 2.22 bits per heavy atom. The van der Waals surface area contributed by atoms with Crippen LogP contribution in [0.3, 0.4) is 0 Å². The average Bonchev–Trinajstić information content (AvgIpc) is 1.89. The van der Waals surface area contributed by atoms with Gasteiger partial charge in [-0.05, 0) is 13.0 Å². The lowest BCUT2D eigenvalue weighted by atomic mass is 10.3. The van der Waals surface area contributed by atoms with Crippen LogP contribution in [0.25, 0.3) is 0 Å². The highest BCUT2D eigenvalue weighted by Crippen LogP contribution is 1.81. The third kappa shape index (κ3) is 7.63. The van der Waals surface area contributed by atoms with Gasteiger partial charge in [0.25, 0.3) is 0 Å². The van der Waals surface area contributed by atoms with Crippen LogP contribution in [0.4, 0.5) is 0 Å². The maximum Gasteiger partial charge on any atom is 0.199 e. The van der Waals surface area contributed by atoms with E-state index in [1.54, 1.807) is 0 Å². The first-order chi connectivity index (χ1) is 4.41. The minimum absolute atomic E-state index is 0.518. The predicted molar refractivity (Wildman–Crippen MR) is 38.1 cm³/mol. The van der Waals surface area contributed by atoms with Gasteiger partial charge in [0.1, 0.15) is 0 Å². The molecule has 0 aliphatic rings. The Morgan fingerprint density at radius 3 is 2.78 bits per heavy atom. The van der Waals surface area contributed by atoms with Crippen molar-refractivity contribution in [3.8, 4) is 0 Å². The second kappa shape index (κ2) is 7.63. The summed E-state index contributed by atoms with van der Waals surface area (Å²) in [5.74, 6) is 0. The quantitative estimate of drug-likeness (QED) is 0.538. The number of carbonyl (C=O) groups excluding carboxylic acids is 1. The maximum absolute atomic E-state index is 9.67. The van der Waals surface area contributed by atoms with Crippen LogP contribution < -0.4 is 5.32 Å². The van der Waals surface area contributed by atoms with E-state index >= 15 is 0 Å². The van der Waals surface area contributed by atoms with E-state index in [-0.39, 0.29) is 0 Å². The number of rotatable bonds is 6. The van der Waals surface area contributed by atoms with Gasteiger partial charge in [0, 0.05) is 13.0 Å². The zero-order valence-corrected chi connectivity index (χ0v) is 5.94. The summed E-state index contributed by atoms with van der Waals surface area (Å²) in [6.45, 7) is 3.95. The molecule has 2 nitrogen and oxygen atoms in total. The number of hydrogen-bond acceptors (Lipinski definition) is 2. The fourth-order valence-electron chi connectivity index (χ4n) is 0.566.